The molecule has 4 heterocycles. The molecule has 5 nitrogen and oxygen atoms in total. The topological polar surface area (TPSA) is 51.3 Å². The Kier molecular flexibility index (Phi) is 4.58. The number of hydrogen-bond acceptors (Lipinski definition) is 4. The fourth-order valence-electron chi connectivity index (χ4n) is 6.35. The van der Waals surface area contributed by atoms with Crippen LogP contribution in [-0.4, -0.2) is 22.6 Å². The van der Waals surface area contributed by atoms with Crippen molar-refractivity contribution in [2.45, 2.75) is 51.4 Å². The Hall–Kier alpha value is -3.86. The molecule has 5 aromatic rings. The fourth-order valence-corrected chi connectivity index (χ4v) is 6.35. The molecule has 0 amide bonds. The summed E-state index contributed by atoms with van der Waals surface area (Å²) in [6.07, 6.45) is 2.15. The SMILES string of the molecule is CC1(C)CCN2CCC(C)(C)c3c2c1cc1cc(-c2nc4ccccc4n2-c2ccccc2)c(=O)oc31. The van der Waals surface area contributed by atoms with Crippen molar-refractivity contribution < 1.29 is 4.42 Å². The maximum atomic E-state index is 13.7. The third kappa shape index (κ3) is 3.23. The van der Waals surface area contributed by atoms with E-state index in [2.05, 4.69) is 43.2 Å². The number of rotatable bonds is 2. The van der Waals surface area contributed by atoms with Crippen molar-refractivity contribution in [2.75, 3.05) is 18.0 Å². The Bertz CT molecular complexity index is 1760. The predicted octanol–water partition coefficient (Wildman–Crippen LogP) is 6.97. The van der Waals surface area contributed by atoms with E-state index in [0.717, 1.165) is 53.6 Å². The highest BCUT2D eigenvalue weighted by molar-refractivity contribution is 5.93. The first-order valence-electron chi connectivity index (χ1n) is 13.2. The molecule has 0 spiro atoms. The summed E-state index contributed by atoms with van der Waals surface area (Å²) in [4.78, 5) is 21.2. The van der Waals surface area contributed by atoms with E-state index in [9.17, 15) is 4.79 Å². The molecule has 0 N–H and O–H groups in total. The average Bonchev–Trinajstić information content (AvgIpc) is 3.26. The van der Waals surface area contributed by atoms with Crippen LogP contribution in [0.3, 0.4) is 0 Å². The van der Waals surface area contributed by atoms with E-state index >= 15 is 0 Å². The first-order chi connectivity index (χ1) is 17.7. The molecule has 0 atom stereocenters. The highest BCUT2D eigenvalue weighted by Crippen LogP contribution is 2.51. The molecule has 0 bridgehead atoms. The van der Waals surface area contributed by atoms with Crippen molar-refractivity contribution in [2.24, 2.45) is 0 Å². The van der Waals surface area contributed by atoms with Gasteiger partial charge in [0, 0.05) is 35.4 Å². The van der Waals surface area contributed by atoms with Gasteiger partial charge in [0.2, 0.25) is 0 Å². The van der Waals surface area contributed by atoms with Gasteiger partial charge in [-0.15, -0.1) is 0 Å². The van der Waals surface area contributed by atoms with E-state index < -0.39 is 0 Å². The van der Waals surface area contributed by atoms with E-state index in [4.69, 9.17) is 9.40 Å². The van der Waals surface area contributed by atoms with Crippen LogP contribution in [0.25, 0.3) is 39.1 Å². The Morgan fingerprint density at radius 1 is 0.865 bits per heavy atom. The number of benzene rings is 3. The van der Waals surface area contributed by atoms with Gasteiger partial charge < -0.3 is 9.32 Å². The quantitative estimate of drug-likeness (QED) is 0.251. The van der Waals surface area contributed by atoms with Crippen molar-refractivity contribution >= 4 is 27.7 Å². The molecule has 2 aliphatic rings. The van der Waals surface area contributed by atoms with Crippen LogP contribution >= 0.6 is 0 Å². The molecule has 0 aliphatic carbocycles. The lowest BCUT2D eigenvalue weighted by Crippen LogP contribution is -2.44. The van der Waals surface area contributed by atoms with Crippen LogP contribution in [0.15, 0.2) is 75.9 Å². The number of para-hydroxylation sites is 3. The molecule has 0 saturated carbocycles. The van der Waals surface area contributed by atoms with Crippen LogP contribution in [0, 0.1) is 0 Å². The van der Waals surface area contributed by atoms with Crippen LogP contribution in [0.5, 0.6) is 0 Å². The molecule has 0 unspecified atom stereocenters. The number of anilines is 1. The standard InChI is InChI=1S/C32H31N3O2/c1-31(2)14-16-34-17-15-32(3,4)26-27(34)23(31)19-20-18-22(30(36)37-28(20)26)29-33-24-12-8-9-13-25(24)35(29)21-10-6-5-7-11-21/h5-13,18-19H,14-17H2,1-4H3. The summed E-state index contributed by atoms with van der Waals surface area (Å²) < 4.78 is 8.33. The molecule has 37 heavy (non-hydrogen) atoms. The highest BCUT2D eigenvalue weighted by Gasteiger charge is 2.42. The Labute approximate surface area is 216 Å². The molecular weight excluding hydrogens is 458 g/mol. The minimum absolute atomic E-state index is 0.0513. The number of aromatic nitrogens is 2. The van der Waals surface area contributed by atoms with Crippen molar-refractivity contribution in [3.05, 3.63) is 88.3 Å². The lowest BCUT2D eigenvalue weighted by Gasteiger charge is -2.48. The Morgan fingerprint density at radius 2 is 1.57 bits per heavy atom. The lowest BCUT2D eigenvalue weighted by molar-refractivity contribution is 0.398. The molecule has 2 aliphatic heterocycles. The van der Waals surface area contributed by atoms with Crippen LogP contribution in [0.4, 0.5) is 5.69 Å². The van der Waals surface area contributed by atoms with Crippen LogP contribution in [0.1, 0.15) is 51.7 Å². The van der Waals surface area contributed by atoms with Gasteiger partial charge in [0.25, 0.3) is 0 Å². The zero-order chi connectivity index (χ0) is 25.5. The third-order valence-electron chi connectivity index (χ3n) is 8.55. The minimum atomic E-state index is -0.348. The van der Waals surface area contributed by atoms with Gasteiger partial charge in [-0.25, -0.2) is 9.78 Å². The highest BCUT2D eigenvalue weighted by atomic mass is 16.4. The molecule has 0 radical (unpaired) electrons. The summed E-state index contributed by atoms with van der Waals surface area (Å²) >= 11 is 0. The lowest BCUT2D eigenvalue weighted by atomic mass is 9.69. The number of imidazole rings is 1. The number of fused-ring (bicyclic) bond motifs is 3. The summed E-state index contributed by atoms with van der Waals surface area (Å²) in [6.45, 7) is 11.3. The summed E-state index contributed by atoms with van der Waals surface area (Å²) in [7, 11) is 0. The molecular formula is C32H31N3O2. The smallest absolute Gasteiger partial charge is 0.347 e. The normalized spacial score (nSPS) is 17.8. The van der Waals surface area contributed by atoms with Crippen molar-refractivity contribution in [3.63, 3.8) is 0 Å². The fraction of sp³-hybridized carbons (Fsp3) is 0.312. The average molecular weight is 490 g/mol. The van der Waals surface area contributed by atoms with Crippen LogP contribution < -0.4 is 10.5 Å². The van der Waals surface area contributed by atoms with E-state index in [1.54, 1.807) is 0 Å². The molecule has 2 aromatic heterocycles. The summed E-state index contributed by atoms with van der Waals surface area (Å²) in [5.41, 5.74) is 7.42. The third-order valence-corrected chi connectivity index (χ3v) is 8.55. The Balaban J connectivity index is 1.56. The van der Waals surface area contributed by atoms with E-state index in [1.807, 2.05) is 60.7 Å². The van der Waals surface area contributed by atoms with Gasteiger partial charge in [-0.05, 0) is 65.6 Å². The molecule has 0 fully saturated rings. The number of hydrogen-bond donors (Lipinski definition) is 0. The molecule has 0 saturated heterocycles. The van der Waals surface area contributed by atoms with Gasteiger partial charge in [-0.1, -0.05) is 58.0 Å². The summed E-state index contributed by atoms with van der Waals surface area (Å²) in [5.74, 6) is 0.606. The van der Waals surface area contributed by atoms with Gasteiger partial charge in [-0.2, -0.15) is 0 Å². The molecule has 7 rings (SSSR count). The second-order valence-electron chi connectivity index (χ2n) is 11.9. The molecule has 186 valence electrons. The Morgan fingerprint density at radius 3 is 2.35 bits per heavy atom. The second-order valence-corrected chi connectivity index (χ2v) is 11.9. The van der Waals surface area contributed by atoms with Gasteiger partial charge in [-0.3, -0.25) is 4.57 Å². The van der Waals surface area contributed by atoms with E-state index in [0.29, 0.717) is 11.4 Å². The molecule has 5 heteroatoms. The van der Waals surface area contributed by atoms with Crippen LogP contribution in [-0.2, 0) is 10.8 Å². The van der Waals surface area contributed by atoms with E-state index in [-0.39, 0.29) is 16.5 Å². The maximum Gasteiger partial charge on any atom is 0.347 e. The summed E-state index contributed by atoms with van der Waals surface area (Å²) in [5, 5.41) is 0.972. The maximum absolute atomic E-state index is 13.7. The number of nitrogens with zero attached hydrogens (tertiary/aromatic N) is 3. The van der Waals surface area contributed by atoms with Gasteiger partial charge in [0.05, 0.1) is 11.0 Å². The van der Waals surface area contributed by atoms with E-state index in [1.165, 1.54) is 16.8 Å². The zero-order valence-electron chi connectivity index (χ0n) is 21.8. The largest absolute Gasteiger partial charge is 0.422 e. The van der Waals surface area contributed by atoms with Gasteiger partial charge >= 0.3 is 5.63 Å². The first kappa shape index (κ1) is 22.3. The van der Waals surface area contributed by atoms with Crippen molar-refractivity contribution in [1.82, 2.24) is 9.55 Å². The minimum Gasteiger partial charge on any atom is -0.422 e. The zero-order valence-corrected chi connectivity index (χ0v) is 21.8. The second kappa shape index (κ2) is 7.58. The van der Waals surface area contributed by atoms with Gasteiger partial charge in [0.1, 0.15) is 11.1 Å². The monoisotopic (exact) mass is 489 g/mol. The predicted molar refractivity (Wildman–Crippen MR) is 150 cm³/mol. The van der Waals surface area contributed by atoms with Crippen molar-refractivity contribution in [1.29, 1.82) is 0 Å². The van der Waals surface area contributed by atoms with Crippen molar-refractivity contribution in [3.8, 4) is 17.1 Å². The van der Waals surface area contributed by atoms with Crippen LogP contribution in [0.2, 0.25) is 0 Å². The summed E-state index contributed by atoms with van der Waals surface area (Å²) in [6, 6.07) is 22.4. The van der Waals surface area contributed by atoms with Gasteiger partial charge in [0.15, 0.2) is 5.82 Å². The molecule has 3 aromatic carbocycles. The first-order valence-corrected chi connectivity index (χ1v) is 13.2.